The minimum Gasteiger partial charge on any atom is -0.451 e. The van der Waals surface area contributed by atoms with Gasteiger partial charge in [-0.3, -0.25) is 4.79 Å². The second-order valence-corrected chi connectivity index (χ2v) is 9.91. The summed E-state index contributed by atoms with van der Waals surface area (Å²) in [6.45, 7) is 5.99. The van der Waals surface area contributed by atoms with Crippen LogP contribution >= 0.6 is 11.3 Å². The van der Waals surface area contributed by atoms with Gasteiger partial charge in [0.15, 0.2) is 6.61 Å². The van der Waals surface area contributed by atoms with Gasteiger partial charge in [-0.1, -0.05) is 6.07 Å². The number of ether oxygens (including phenoxy) is 2. The van der Waals surface area contributed by atoms with E-state index in [0.717, 1.165) is 5.01 Å². The number of morpholine rings is 1. The monoisotopic (exact) mass is 453 g/mol. The molecule has 1 saturated heterocycles. The summed E-state index contributed by atoms with van der Waals surface area (Å²) in [7, 11) is -3.69. The van der Waals surface area contributed by atoms with E-state index in [9.17, 15) is 18.0 Å². The Balaban J connectivity index is 1.67. The standard InChI is InChI=1S/C19H23N3O6S2/c1-12-4-5-15(30(25,26)22-6-8-27-9-7-22)10-16(12)21-17(23)11-28-19(24)18-13(2)20-14(3)29-18/h4-5,10H,6-9,11H2,1-3H3,(H,21,23). The van der Waals surface area contributed by atoms with Gasteiger partial charge in [0, 0.05) is 18.8 Å². The molecule has 30 heavy (non-hydrogen) atoms. The number of sulfonamides is 1. The molecule has 1 aliphatic rings. The second-order valence-electron chi connectivity index (χ2n) is 6.76. The number of anilines is 1. The summed E-state index contributed by atoms with van der Waals surface area (Å²) in [5.41, 5.74) is 1.58. The van der Waals surface area contributed by atoms with Gasteiger partial charge in [0.2, 0.25) is 10.0 Å². The number of esters is 1. The largest absolute Gasteiger partial charge is 0.451 e. The highest BCUT2D eigenvalue weighted by Gasteiger charge is 2.27. The zero-order valence-electron chi connectivity index (χ0n) is 16.9. The van der Waals surface area contributed by atoms with Gasteiger partial charge in [-0.2, -0.15) is 4.31 Å². The van der Waals surface area contributed by atoms with Gasteiger partial charge < -0.3 is 14.8 Å². The normalized spacial score (nSPS) is 15.0. The molecule has 9 nitrogen and oxygen atoms in total. The van der Waals surface area contributed by atoms with Crippen LogP contribution in [0.1, 0.15) is 25.9 Å². The van der Waals surface area contributed by atoms with Crippen molar-refractivity contribution in [2.24, 2.45) is 0 Å². The van der Waals surface area contributed by atoms with Gasteiger partial charge in [0.05, 0.1) is 28.8 Å². The molecule has 0 radical (unpaired) electrons. The Morgan fingerprint density at radius 2 is 1.93 bits per heavy atom. The van der Waals surface area contributed by atoms with Crippen molar-refractivity contribution >= 4 is 38.9 Å². The average Bonchev–Trinajstić information content (AvgIpc) is 3.06. The molecule has 3 rings (SSSR count). The lowest BCUT2D eigenvalue weighted by Crippen LogP contribution is -2.40. The Morgan fingerprint density at radius 1 is 1.23 bits per heavy atom. The molecule has 0 unspecified atom stereocenters. The van der Waals surface area contributed by atoms with Crippen molar-refractivity contribution < 1.29 is 27.5 Å². The lowest BCUT2D eigenvalue weighted by molar-refractivity contribution is -0.119. The van der Waals surface area contributed by atoms with Crippen LogP contribution in [0, 0.1) is 20.8 Å². The summed E-state index contributed by atoms with van der Waals surface area (Å²) >= 11 is 1.20. The molecule has 0 aliphatic carbocycles. The topological polar surface area (TPSA) is 115 Å². The summed E-state index contributed by atoms with van der Waals surface area (Å²) in [5, 5.41) is 3.35. The number of amides is 1. The highest BCUT2D eigenvalue weighted by molar-refractivity contribution is 7.89. The molecular formula is C19H23N3O6S2. The lowest BCUT2D eigenvalue weighted by atomic mass is 10.2. The van der Waals surface area contributed by atoms with Gasteiger partial charge in [0.1, 0.15) is 4.88 Å². The number of carbonyl (C=O) groups is 2. The number of rotatable bonds is 6. The fraction of sp³-hybridized carbons (Fsp3) is 0.421. The van der Waals surface area contributed by atoms with E-state index in [4.69, 9.17) is 9.47 Å². The molecule has 0 atom stereocenters. The molecule has 2 aromatic rings. The van der Waals surface area contributed by atoms with Crippen molar-refractivity contribution in [1.29, 1.82) is 0 Å². The minimum absolute atomic E-state index is 0.0815. The Kier molecular flexibility index (Phi) is 6.86. The van der Waals surface area contributed by atoms with Crippen LogP contribution in [-0.2, 0) is 24.3 Å². The Bertz CT molecular complexity index is 1060. The summed E-state index contributed by atoms with van der Waals surface area (Å²) in [5.74, 6) is -1.18. The number of hydrogen-bond donors (Lipinski definition) is 1. The first kappa shape index (κ1) is 22.3. The molecule has 162 valence electrons. The first-order valence-corrected chi connectivity index (χ1v) is 11.5. The van der Waals surface area contributed by atoms with Gasteiger partial charge in [0.25, 0.3) is 5.91 Å². The highest BCUT2D eigenvalue weighted by atomic mass is 32.2. The fourth-order valence-electron chi connectivity index (χ4n) is 2.94. The van der Waals surface area contributed by atoms with Crippen LogP contribution in [0.25, 0.3) is 0 Å². The van der Waals surface area contributed by atoms with E-state index in [0.29, 0.717) is 35.0 Å². The molecule has 1 aliphatic heterocycles. The van der Waals surface area contributed by atoms with Crippen LogP contribution in [0.5, 0.6) is 0 Å². The zero-order valence-corrected chi connectivity index (χ0v) is 18.6. The molecule has 1 fully saturated rings. The number of aromatic nitrogens is 1. The second kappa shape index (κ2) is 9.21. The third-order valence-corrected chi connectivity index (χ3v) is 7.46. The van der Waals surface area contributed by atoms with E-state index in [1.165, 1.54) is 27.8 Å². The molecule has 0 spiro atoms. The first-order chi connectivity index (χ1) is 14.2. The van der Waals surface area contributed by atoms with Crippen molar-refractivity contribution in [2.45, 2.75) is 25.7 Å². The maximum absolute atomic E-state index is 12.8. The average molecular weight is 454 g/mol. The van der Waals surface area contributed by atoms with E-state index in [1.807, 2.05) is 0 Å². The van der Waals surface area contributed by atoms with Gasteiger partial charge >= 0.3 is 5.97 Å². The van der Waals surface area contributed by atoms with Crippen LogP contribution in [0.4, 0.5) is 5.69 Å². The van der Waals surface area contributed by atoms with Crippen LogP contribution in [0.3, 0.4) is 0 Å². The quantitative estimate of drug-likeness (QED) is 0.664. The maximum Gasteiger partial charge on any atom is 0.350 e. The van der Waals surface area contributed by atoms with Crippen LogP contribution in [0.2, 0.25) is 0 Å². The molecular weight excluding hydrogens is 430 g/mol. The van der Waals surface area contributed by atoms with E-state index in [1.54, 1.807) is 26.8 Å². The van der Waals surface area contributed by atoms with Crippen molar-refractivity contribution in [3.8, 4) is 0 Å². The maximum atomic E-state index is 12.8. The number of carbonyl (C=O) groups excluding carboxylic acids is 2. The lowest BCUT2D eigenvalue weighted by Gasteiger charge is -2.26. The molecule has 1 aromatic heterocycles. The summed E-state index contributed by atoms with van der Waals surface area (Å²) in [6.07, 6.45) is 0. The predicted molar refractivity (Wildman–Crippen MR) is 111 cm³/mol. The first-order valence-electron chi connectivity index (χ1n) is 9.28. The minimum atomic E-state index is -3.69. The third kappa shape index (κ3) is 5.04. The van der Waals surface area contributed by atoms with Gasteiger partial charge in [-0.15, -0.1) is 11.3 Å². The van der Waals surface area contributed by atoms with Crippen molar-refractivity contribution in [1.82, 2.24) is 9.29 Å². The molecule has 2 heterocycles. The smallest absolute Gasteiger partial charge is 0.350 e. The van der Waals surface area contributed by atoms with Crippen LogP contribution in [0.15, 0.2) is 23.1 Å². The summed E-state index contributed by atoms with van der Waals surface area (Å²) in [4.78, 5) is 29.0. The number of nitrogens with one attached hydrogen (secondary N) is 1. The molecule has 1 N–H and O–H groups in total. The number of aryl methyl sites for hydroxylation is 3. The molecule has 0 saturated carbocycles. The number of benzene rings is 1. The van der Waals surface area contributed by atoms with E-state index in [-0.39, 0.29) is 18.0 Å². The van der Waals surface area contributed by atoms with Crippen LogP contribution < -0.4 is 5.32 Å². The molecule has 0 bridgehead atoms. The predicted octanol–water partition coefficient (Wildman–Crippen LogP) is 1.88. The molecule has 1 amide bonds. The number of nitrogens with zero attached hydrogens (tertiary/aromatic N) is 2. The molecule has 11 heteroatoms. The van der Waals surface area contributed by atoms with Gasteiger partial charge in [-0.25, -0.2) is 18.2 Å². The van der Waals surface area contributed by atoms with Crippen molar-refractivity contribution in [3.63, 3.8) is 0 Å². The Hall–Kier alpha value is -2.34. The van der Waals surface area contributed by atoms with E-state index < -0.39 is 28.5 Å². The van der Waals surface area contributed by atoms with Crippen LogP contribution in [-0.4, -0.2) is 62.5 Å². The summed E-state index contributed by atoms with van der Waals surface area (Å²) < 4.78 is 37.3. The number of thiazole rings is 1. The van der Waals surface area contributed by atoms with Gasteiger partial charge in [-0.05, 0) is 38.5 Å². The van der Waals surface area contributed by atoms with E-state index >= 15 is 0 Å². The third-order valence-electron chi connectivity index (χ3n) is 4.51. The fourth-order valence-corrected chi connectivity index (χ4v) is 5.18. The summed E-state index contributed by atoms with van der Waals surface area (Å²) in [6, 6.07) is 4.54. The SMILES string of the molecule is Cc1nc(C)c(C(=O)OCC(=O)Nc2cc(S(=O)(=O)N3CCOCC3)ccc2C)s1. The van der Waals surface area contributed by atoms with Crippen molar-refractivity contribution in [2.75, 3.05) is 38.2 Å². The Labute approximate surface area is 179 Å². The Morgan fingerprint density at radius 3 is 2.57 bits per heavy atom. The molecule has 1 aromatic carbocycles. The highest BCUT2D eigenvalue weighted by Crippen LogP contribution is 2.24. The van der Waals surface area contributed by atoms with Crippen molar-refractivity contribution in [3.05, 3.63) is 39.3 Å². The number of hydrogen-bond acceptors (Lipinski definition) is 8. The zero-order chi connectivity index (χ0) is 21.9. The van der Waals surface area contributed by atoms with E-state index in [2.05, 4.69) is 10.3 Å².